The number of hydrazine groups is 1. The Morgan fingerprint density at radius 1 is 0.919 bits per heavy atom. The van der Waals surface area contributed by atoms with Gasteiger partial charge in [0.05, 0.1) is 18.1 Å². The number of imidazole rings is 1. The molecule has 1 aliphatic rings. The lowest BCUT2D eigenvalue weighted by atomic mass is 9.85. The molecule has 4 aromatic rings. The number of nitrogens with zero attached hydrogens (tertiary/aromatic N) is 2. The van der Waals surface area contributed by atoms with Gasteiger partial charge in [0.15, 0.2) is 0 Å². The average molecular weight is 493 g/mol. The maximum atomic E-state index is 14.2. The highest BCUT2D eigenvalue weighted by Crippen LogP contribution is 2.30. The van der Waals surface area contributed by atoms with Crippen LogP contribution in [0, 0.1) is 5.92 Å². The fourth-order valence-corrected chi connectivity index (χ4v) is 5.19. The van der Waals surface area contributed by atoms with Crippen molar-refractivity contribution in [1.29, 1.82) is 0 Å². The van der Waals surface area contributed by atoms with Crippen LogP contribution in [0.15, 0.2) is 91.4 Å². The zero-order valence-electron chi connectivity index (χ0n) is 21.9. The molecule has 3 aromatic carbocycles. The van der Waals surface area contributed by atoms with Crippen LogP contribution in [0.2, 0.25) is 0 Å². The molecule has 0 fully saturated rings. The van der Waals surface area contributed by atoms with E-state index in [1.165, 1.54) is 22.3 Å². The maximum Gasteiger partial charge on any atom is 0.244 e. The molecule has 0 spiro atoms. The summed E-state index contributed by atoms with van der Waals surface area (Å²) in [4.78, 5) is 21.7. The molecule has 2 N–H and O–H groups in total. The van der Waals surface area contributed by atoms with E-state index in [0.29, 0.717) is 19.3 Å². The summed E-state index contributed by atoms with van der Waals surface area (Å²) in [6.45, 7) is 6.68. The first-order chi connectivity index (χ1) is 17.9. The van der Waals surface area contributed by atoms with Crippen LogP contribution >= 0.6 is 0 Å². The second-order valence-corrected chi connectivity index (χ2v) is 11.2. The summed E-state index contributed by atoms with van der Waals surface area (Å²) in [5, 5.41) is 1.90. The van der Waals surface area contributed by atoms with Crippen LogP contribution in [0.1, 0.15) is 48.7 Å². The van der Waals surface area contributed by atoms with Gasteiger partial charge in [-0.25, -0.2) is 4.98 Å². The predicted octanol–water partition coefficient (Wildman–Crippen LogP) is 6.13. The topological polar surface area (TPSA) is 61.0 Å². The van der Waals surface area contributed by atoms with Crippen LogP contribution in [-0.2, 0) is 35.9 Å². The average Bonchev–Trinajstić information content (AvgIpc) is 3.36. The number of carbonyl (C=O) groups excluding carboxylic acids is 1. The second kappa shape index (κ2) is 10.6. The summed E-state index contributed by atoms with van der Waals surface area (Å²) in [7, 11) is 0. The van der Waals surface area contributed by atoms with Crippen molar-refractivity contribution in [2.45, 2.75) is 57.9 Å². The standard InChI is InChI=1S/C32H36N4O/c1-32(2,3)27-15-13-24(14-16-27)17-26-19-25-11-7-8-12-30(25)35-36(31(26)37)29(20-28-21-33-22-34-28)18-23-9-5-4-6-10-23/h4-16,21-22,26,29,35H,17-20H2,1-3H3,(H,33,34). The summed E-state index contributed by atoms with van der Waals surface area (Å²) >= 11 is 0. The number of nitrogens with one attached hydrogen (secondary N) is 2. The Kier molecular flexibility index (Phi) is 7.13. The van der Waals surface area contributed by atoms with Crippen molar-refractivity contribution in [2.75, 3.05) is 5.43 Å². The third-order valence-electron chi connectivity index (χ3n) is 7.30. The van der Waals surface area contributed by atoms with E-state index in [1.807, 2.05) is 23.3 Å². The number of para-hydroxylation sites is 1. The number of amides is 1. The van der Waals surface area contributed by atoms with E-state index in [9.17, 15) is 4.79 Å². The monoisotopic (exact) mass is 492 g/mol. The van der Waals surface area contributed by atoms with E-state index >= 15 is 0 Å². The van der Waals surface area contributed by atoms with Crippen LogP contribution in [0.5, 0.6) is 0 Å². The Balaban J connectivity index is 1.47. The van der Waals surface area contributed by atoms with E-state index in [4.69, 9.17) is 0 Å². The number of hydrogen-bond acceptors (Lipinski definition) is 3. The summed E-state index contributed by atoms with van der Waals surface area (Å²) in [5.41, 5.74) is 10.5. The molecule has 1 aromatic heterocycles. The molecule has 0 bridgehead atoms. The fraction of sp³-hybridized carbons (Fsp3) is 0.312. The molecule has 5 rings (SSSR count). The van der Waals surface area contributed by atoms with Crippen LogP contribution in [0.25, 0.3) is 0 Å². The maximum absolute atomic E-state index is 14.2. The minimum Gasteiger partial charge on any atom is -0.348 e. The van der Waals surface area contributed by atoms with Crippen molar-refractivity contribution in [3.8, 4) is 0 Å². The van der Waals surface area contributed by atoms with Gasteiger partial charge in [-0.2, -0.15) is 0 Å². The molecule has 37 heavy (non-hydrogen) atoms. The Labute approximate surface area is 219 Å². The number of aromatic amines is 1. The molecule has 2 unspecified atom stereocenters. The number of aromatic nitrogens is 2. The lowest BCUT2D eigenvalue weighted by Gasteiger charge is -2.33. The lowest BCUT2D eigenvalue weighted by Crippen LogP contribution is -2.48. The molecule has 0 saturated heterocycles. The molecule has 0 saturated carbocycles. The molecule has 1 amide bonds. The van der Waals surface area contributed by atoms with Crippen molar-refractivity contribution in [2.24, 2.45) is 5.92 Å². The highest BCUT2D eigenvalue weighted by atomic mass is 16.2. The Bertz CT molecular complexity index is 1310. The first-order valence-corrected chi connectivity index (χ1v) is 13.1. The smallest absolute Gasteiger partial charge is 0.244 e. The van der Waals surface area contributed by atoms with Crippen molar-refractivity contribution in [1.82, 2.24) is 15.0 Å². The van der Waals surface area contributed by atoms with Gasteiger partial charge in [0.25, 0.3) is 0 Å². The zero-order valence-corrected chi connectivity index (χ0v) is 21.9. The Morgan fingerprint density at radius 2 is 1.65 bits per heavy atom. The van der Waals surface area contributed by atoms with Crippen LogP contribution in [0.4, 0.5) is 5.69 Å². The van der Waals surface area contributed by atoms with Gasteiger partial charge >= 0.3 is 0 Å². The molecule has 190 valence electrons. The highest BCUT2D eigenvalue weighted by molar-refractivity contribution is 5.83. The summed E-state index contributed by atoms with van der Waals surface area (Å²) in [6, 6.07) is 27.4. The quantitative estimate of drug-likeness (QED) is 0.326. The molecule has 0 radical (unpaired) electrons. The first kappa shape index (κ1) is 24.8. The Hall–Kier alpha value is -3.86. The molecule has 0 aliphatic carbocycles. The van der Waals surface area contributed by atoms with Crippen molar-refractivity contribution < 1.29 is 4.79 Å². The van der Waals surface area contributed by atoms with E-state index in [1.54, 1.807) is 6.33 Å². The van der Waals surface area contributed by atoms with Gasteiger partial charge < -0.3 is 4.98 Å². The van der Waals surface area contributed by atoms with E-state index in [-0.39, 0.29) is 23.3 Å². The number of rotatable bonds is 7. The largest absolute Gasteiger partial charge is 0.348 e. The van der Waals surface area contributed by atoms with Crippen molar-refractivity contribution >= 4 is 11.6 Å². The molecule has 2 heterocycles. The minimum absolute atomic E-state index is 0.0766. The normalized spacial score (nSPS) is 16.6. The van der Waals surface area contributed by atoms with Crippen molar-refractivity contribution in [3.63, 3.8) is 0 Å². The van der Waals surface area contributed by atoms with E-state index < -0.39 is 0 Å². The molecular formula is C32H36N4O. The highest BCUT2D eigenvalue weighted by Gasteiger charge is 2.34. The van der Waals surface area contributed by atoms with Gasteiger partial charge in [-0.3, -0.25) is 15.2 Å². The molecule has 5 nitrogen and oxygen atoms in total. The van der Waals surface area contributed by atoms with Gasteiger partial charge in [-0.1, -0.05) is 93.6 Å². The predicted molar refractivity (Wildman–Crippen MR) is 149 cm³/mol. The number of benzene rings is 3. The summed E-state index contributed by atoms with van der Waals surface area (Å²) in [6.07, 6.45) is 6.39. The fourth-order valence-electron chi connectivity index (χ4n) is 5.19. The Morgan fingerprint density at radius 3 is 2.35 bits per heavy atom. The van der Waals surface area contributed by atoms with Gasteiger partial charge in [-0.15, -0.1) is 0 Å². The third-order valence-corrected chi connectivity index (χ3v) is 7.30. The molecule has 1 aliphatic heterocycles. The minimum atomic E-state index is -0.156. The van der Waals surface area contributed by atoms with Crippen LogP contribution < -0.4 is 5.43 Å². The van der Waals surface area contributed by atoms with Crippen LogP contribution in [0.3, 0.4) is 0 Å². The summed E-state index contributed by atoms with van der Waals surface area (Å²) in [5.74, 6) is -0.0202. The first-order valence-electron chi connectivity index (χ1n) is 13.1. The SMILES string of the molecule is CC(C)(C)c1ccc(CC2Cc3ccccc3NN(C(Cc3ccccc3)Cc3cnc[nH]3)C2=O)cc1. The van der Waals surface area contributed by atoms with E-state index in [0.717, 1.165) is 17.8 Å². The number of hydrogen-bond donors (Lipinski definition) is 2. The molecule has 2 atom stereocenters. The van der Waals surface area contributed by atoms with Crippen LogP contribution in [-0.4, -0.2) is 26.9 Å². The second-order valence-electron chi connectivity index (χ2n) is 11.2. The lowest BCUT2D eigenvalue weighted by molar-refractivity contribution is -0.136. The number of carbonyl (C=O) groups is 1. The third kappa shape index (κ3) is 5.93. The number of fused-ring (bicyclic) bond motifs is 1. The van der Waals surface area contributed by atoms with E-state index in [2.05, 4.69) is 103 Å². The van der Waals surface area contributed by atoms with Crippen molar-refractivity contribution in [3.05, 3.63) is 119 Å². The van der Waals surface area contributed by atoms with Gasteiger partial charge in [0.2, 0.25) is 5.91 Å². The summed E-state index contributed by atoms with van der Waals surface area (Å²) < 4.78 is 0. The van der Waals surface area contributed by atoms with Gasteiger partial charge in [0, 0.05) is 24.2 Å². The number of H-pyrrole nitrogens is 1. The molecular weight excluding hydrogens is 456 g/mol. The van der Waals surface area contributed by atoms with Gasteiger partial charge in [-0.05, 0) is 53.0 Å². The number of anilines is 1. The molecule has 5 heteroatoms. The van der Waals surface area contributed by atoms with Gasteiger partial charge in [0.1, 0.15) is 0 Å². The zero-order chi connectivity index (χ0) is 25.8.